The third-order valence-electron chi connectivity index (χ3n) is 6.57. The fourth-order valence-electron chi connectivity index (χ4n) is 5.20. The van der Waals surface area contributed by atoms with E-state index in [0.29, 0.717) is 16.2 Å². The first-order valence-electron chi connectivity index (χ1n) is 10.0. The lowest BCUT2D eigenvalue weighted by atomic mass is 9.87. The average molecular weight is 459 g/mol. The zero-order valence-electron chi connectivity index (χ0n) is 17.1. The normalized spacial score (nSPS) is 29.5. The Kier molecular flexibility index (Phi) is 4.53. The molecule has 4 N–H and O–H groups in total. The van der Waals surface area contributed by atoms with Crippen molar-refractivity contribution in [3.05, 3.63) is 76.8 Å². The van der Waals surface area contributed by atoms with E-state index >= 15 is 0 Å². The van der Waals surface area contributed by atoms with Crippen LogP contribution in [0.3, 0.4) is 0 Å². The number of nitrogens with one attached hydrogen (secondary N) is 1. The van der Waals surface area contributed by atoms with Gasteiger partial charge in [-0.05, 0) is 41.1 Å². The Bertz CT molecular complexity index is 1220. The summed E-state index contributed by atoms with van der Waals surface area (Å²) in [6.45, 7) is 5.74. The predicted molar refractivity (Wildman–Crippen MR) is 119 cm³/mol. The van der Waals surface area contributed by atoms with E-state index in [1.54, 1.807) is 6.08 Å². The van der Waals surface area contributed by atoms with E-state index < -0.39 is 34.2 Å². The van der Waals surface area contributed by atoms with Crippen molar-refractivity contribution < 1.29 is 18.3 Å². The van der Waals surface area contributed by atoms with Gasteiger partial charge in [-0.15, -0.1) is 0 Å². The minimum atomic E-state index is -4.52. The number of halogens is 3. The molecule has 3 aliphatic rings. The SMILES string of the molecule is C=Cc1cccc2c1C1C3N(/S(=C/C)c4ccc(C(F)(F)F)nc4)C2C(C=N)=C(N)[C@]13O. The van der Waals surface area contributed by atoms with Crippen LogP contribution in [0.25, 0.3) is 6.08 Å². The van der Waals surface area contributed by atoms with Gasteiger partial charge < -0.3 is 16.2 Å². The zero-order valence-corrected chi connectivity index (χ0v) is 17.9. The van der Waals surface area contributed by atoms with Crippen molar-refractivity contribution in [1.29, 1.82) is 5.41 Å². The van der Waals surface area contributed by atoms with Gasteiger partial charge in [0.1, 0.15) is 11.3 Å². The summed E-state index contributed by atoms with van der Waals surface area (Å²) in [5.74, 6) is -0.308. The molecule has 2 bridgehead atoms. The second kappa shape index (κ2) is 6.87. The molecule has 9 heteroatoms. The summed E-state index contributed by atoms with van der Waals surface area (Å²) < 4.78 is 41.1. The molecular formula is C23H21F3N4OS. The maximum Gasteiger partial charge on any atom is 0.433 e. The smallest absolute Gasteiger partial charge is 0.399 e. The number of hydrogen-bond donors (Lipinski definition) is 3. The number of hydrogen-bond acceptors (Lipinski definition) is 5. The fraction of sp³-hybridized carbons (Fsp3) is 0.261. The molecule has 5 rings (SSSR count). The topological polar surface area (TPSA) is 86.2 Å². The van der Waals surface area contributed by atoms with Gasteiger partial charge in [0.25, 0.3) is 0 Å². The lowest BCUT2D eigenvalue weighted by molar-refractivity contribution is -0.141. The summed E-state index contributed by atoms with van der Waals surface area (Å²) in [6, 6.07) is 7.44. The number of aliphatic hydroxyl groups is 1. The van der Waals surface area contributed by atoms with Crippen LogP contribution in [-0.4, -0.2) is 37.6 Å². The van der Waals surface area contributed by atoms with Crippen LogP contribution in [-0.2, 0) is 6.18 Å². The number of benzene rings is 1. The fourth-order valence-corrected chi connectivity index (χ4v) is 7.31. The molecular weight excluding hydrogens is 437 g/mol. The highest BCUT2D eigenvalue weighted by Crippen LogP contribution is 2.71. The lowest BCUT2D eigenvalue weighted by Gasteiger charge is -2.42. The molecule has 0 spiro atoms. The molecule has 1 aromatic heterocycles. The van der Waals surface area contributed by atoms with Gasteiger partial charge in [-0.3, -0.25) is 4.98 Å². The first-order valence-corrected chi connectivity index (χ1v) is 11.3. The van der Waals surface area contributed by atoms with E-state index in [9.17, 15) is 18.3 Å². The molecule has 166 valence electrons. The number of nitrogens with zero attached hydrogens (tertiary/aromatic N) is 2. The van der Waals surface area contributed by atoms with Crippen LogP contribution in [0.4, 0.5) is 13.2 Å². The second-order valence-electron chi connectivity index (χ2n) is 8.01. The predicted octanol–water partition coefficient (Wildman–Crippen LogP) is 4.24. The van der Waals surface area contributed by atoms with E-state index in [4.69, 9.17) is 11.1 Å². The Morgan fingerprint density at radius 3 is 2.62 bits per heavy atom. The van der Waals surface area contributed by atoms with Crippen molar-refractivity contribution >= 4 is 28.3 Å². The average Bonchev–Trinajstić information content (AvgIpc) is 3.43. The Labute approximate surface area is 185 Å². The molecule has 32 heavy (non-hydrogen) atoms. The summed E-state index contributed by atoms with van der Waals surface area (Å²) in [7, 11) is -0.784. The molecule has 1 saturated carbocycles. The molecule has 1 aromatic carbocycles. The van der Waals surface area contributed by atoms with Crippen molar-refractivity contribution in [1.82, 2.24) is 9.29 Å². The van der Waals surface area contributed by atoms with Crippen LogP contribution in [0.15, 0.2) is 59.3 Å². The van der Waals surface area contributed by atoms with E-state index in [0.717, 1.165) is 22.8 Å². The Hall–Kier alpha value is -2.75. The van der Waals surface area contributed by atoms with Crippen molar-refractivity contribution in [3.63, 3.8) is 0 Å². The van der Waals surface area contributed by atoms with E-state index in [1.807, 2.05) is 30.5 Å². The maximum absolute atomic E-state index is 13.0. The molecule has 0 radical (unpaired) electrons. The van der Waals surface area contributed by atoms with Gasteiger partial charge in [-0.2, -0.15) is 13.2 Å². The summed E-state index contributed by atoms with van der Waals surface area (Å²) in [5.41, 5.74) is 7.71. The molecule has 2 aromatic rings. The van der Waals surface area contributed by atoms with Crippen LogP contribution >= 0.6 is 10.7 Å². The highest BCUT2D eigenvalue weighted by atomic mass is 32.2. The number of rotatable bonds is 4. The van der Waals surface area contributed by atoms with Crippen molar-refractivity contribution in [2.45, 2.75) is 41.6 Å². The minimum absolute atomic E-state index is 0.292. The molecule has 5 atom stereocenters. The van der Waals surface area contributed by atoms with Gasteiger partial charge >= 0.3 is 6.18 Å². The third-order valence-corrected chi connectivity index (χ3v) is 8.63. The van der Waals surface area contributed by atoms with Gasteiger partial charge in [0.05, 0.1) is 12.1 Å². The first kappa shape index (κ1) is 21.1. The summed E-state index contributed by atoms with van der Waals surface area (Å²) in [4.78, 5) is 4.24. The third kappa shape index (κ3) is 2.58. The molecule has 5 nitrogen and oxygen atoms in total. The molecule has 2 aliphatic heterocycles. The summed E-state index contributed by atoms with van der Waals surface area (Å²) in [5, 5.41) is 21.6. The van der Waals surface area contributed by atoms with Crippen LogP contribution in [0.2, 0.25) is 0 Å². The molecule has 0 saturated heterocycles. The Balaban J connectivity index is 1.69. The monoisotopic (exact) mass is 458 g/mol. The van der Waals surface area contributed by atoms with Gasteiger partial charge in [0, 0.05) is 34.5 Å². The number of pyridine rings is 1. The van der Waals surface area contributed by atoms with Crippen LogP contribution in [0, 0.1) is 5.41 Å². The van der Waals surface area contributed by atoms with Crippen LogP contribution < -0.4 is 5.73 Å². The van der Waals surface area contributed by atoms with Crippen molar-refractivity contribution in [3.8, 4) is 0 Å². The number of alkyl halides is 3. The van der Waals surface area contributed by atoms with Gasteiger partial charge in [-0.25, -0.2) is 4.31 Å². The van der Waals surface area contributed by atoms with Gasteiger partial charge in [0.2, 0.25) is 0 Å². The van der Waals surface area contributed by atoms with E-state index in [-0.39, 0.29) is 12.0 Å². The maximum atomic E-state index is 13.0. The molecule has 1 fully saturated rings. The number of fused-ring (bicyclic) bond motifs is 5. The van der Waals surface area contributed by atoms with E-state index in [2.05, 4.69) is 15.9 Å². The van der Waals surface area contributed by atoms with Crippen molar-refractivity contribution in [2.75, 3.05) is 0 Å². The first-order chi connectivity index (χ1) is 15.2. The van der Waals surface area contributed by atoms with E-state index in [1.165, 1.54) is 18.5 Å². The Morgan fingerprint density at radius 1 is 1.31 bits per heavy atom. The standard InChI is InChI=1S/C23H21F3N4OS/c1-3-12-6-5-7-14-17(12)18-21-22(18,31)20(28)15(10-27)19(14)30(21)32(4-2)13-8-9-16(29-11-13)23(24,25)26/h3-11,18-19,21,27,31H,1,28H2,2H3/t18?,19?,21?,22-,32?/m1/s1. The minimum Gasteiger partial charge on any atom is -0.399 e. The lowest BCUT2D eigenvalue weighted by Crippen LogP contribution is -2.42. The molecule has 3 heterocycles. The number of aromatic nitrogens is 1. The quantitative estimate of drug-likeness (QED) is 0.473. The summed E-state index contributed by atoms with van der Waals surface area (Å²) in [6.07, 6.45) is -0.348. The second-order valence-corrected chi connectivity index (χ2v) is 10.00. The number of nitrogens with two attached hydrogens (primary N) is 1. The highest BCUT2D eigenvalue weighted by molar-refractivity contribution is 8.13. The van der Waals surface area contributed by atoms with Crippen LogP contribution in [0.1, 0.15) is 41.3 Å². The molecule has 0 amide bonds. The van der Waals surface area contributed by atoms with Crippen LogP contribution in [0.5, 0.6) is 0 Å². The zero-order chi connectivity index (χ0) is 23.0. The van der Waals surface area contributed by atoms with Gasteiger partial charge in [-0.1, -0.05) is 41.5 Å². The van der Waals surface area contributed by atoms with Gasteiger partial charge in [0.15, 0.2) is 0 Å². The summed E-state index contributed by atoms with van der Waals surface area (Å²) >= 11 is 0. The Morgan fingerprint density at radius 2 is 2.06 bits per heavy atom. The molecule has 4 unspecified atom stereocenters. The van der Waals surface area contributed by atoms with Crippen molar-refractivity contribution in [2.24, 2.45) is 5.73 Å². The highest BCUT2D eigenvalue weighted by Gasteiger charge is 2.76. The largest absolute Gasteiger partial charge is 0.433 e. The molecule has 1 aliphatic carbocycles.